The number of hydrogen-bond donors (Lipinski definition) is 0. The molecule has 30 heavy (non-hydrogen) atoms. The van der Waals surface area contributed by atoms with Crippen molar-refractivity contribution < 1.29 is 27.5 Å². The van der Waals surface area contributed by atoms with Crippen molar-refractivity contribution in [2.24, 2.45) is 0 Å². The van der Waals surface area contributed by atoms with Crippen molar-refractivity contribution in [1.29, 1.82) is 0 Å². The molecule has 0 atom stereocenters. The van der Waals surface area contributed by atoms with Gasteiger partial charge in [0.1, 0.15) is 17.9 Å². The van der Waals surface area contributed by atoms with Crippen LogP contribution in [-0.2, 0) is 24.4 Å². The fraction of sp³-hybridized carbons (Fsp3) is 0.409. The molecule has 0 aromatic heterocycles. The number of rotatable bonds is 8. The monoisotopic (exact) mass is 435 g/mol. The number of hydrogen-bond acceptors (Lipinski definition) is 6. The molecule has 0 radical (unpaired) electrons. The first kappa shape index (κ1) is 23.9. The summed E-state index contributed by atoms with van der Waals surface area (Å²) >= 11 is 0. The lowest BCUT2D eigenvalue weighted by Gasteiger charge is -2.25. The van der Waals surface area contributed by atoms with Crippen molar-refractivity contribution in [3.63, 3.8) is 0 Å². The SMILES string of the molecule is COc1ccc(-c2ccc(S(=O)(=O)N(CC(=O)OC(C)(C)C)OC(C)C)cc2)cc1. The van der Waals surface area contributed by atoms with Crippen molar-refractivity contribution in [3.8, 4) is 16.9 Å². The van der Waals surface area contributed by atoms with Gasteiger partial charge in [-0.15, -0.1) is 0 Å². The van der Waals surface area contributed by atoms with Crippen molar-refractivity contribution >= 4 is 16.0 Å². The number of nitrogens with zero attached hydrogens (tertiary/aromatic N) is 1. The fourth-order valence-electron chi connectivity index (χ4n) is 2.61. The minimum atomic E-state index is -4.07. The lowest BCUT2D eigenvalue weighted by Crippen LogP contribution is -2.40. The molecule has 0 saturated carbocycles. The summed E-state index contributed by atoms with van der Waals surface area (Å²) in [6.07, 6.45) is -0.444. The number of sulfonamides is 1. The zero-order valence-electron chi connectivity index (χ0n) is 18.2. The first-order valence-electron chi connectivity index (χ1n) is 9.58. The molecule has 0 fully saturated rings. The van der Waals surface area contributed by atoms with Gasteiger partial charge < -0.3 is 9.47 Å². The van der Waals surface area contributed by atoms with E-state index in [2.05, 4.69) is 0 Å². The van der Waals surface area contributed by atoms with Crippen LogP contribution in [0.15, 0.2) is 53.4 Å². The van der Waals surface area contributed by atoms with Crippen LogP contribution in [0, 0.1) is 0 Å². The molecule has 0 bridgehead atoms. The van der Waals surface area contributed by atoms with Crippen molar-refractivity contribution in [1.82, 2.24) is 4.47 Å². The number of esters is 1. The molecule has 2 rings (SSSR count). The number of hydroxylamine groups is 1. The van der Waals surface area contributed by atoms with E-state index in [0.717, 1.165) is 16.9 Å². The zero-order valence-corrected chi connectivity index (χ0v) is 19.0. The maximum Gasteiger partial charge on any atom is 0.324 e. The van der Waals surface area contributed by atoms with Gasteiger partial charge in [-0.05, 0) is 70.0 Å². The lowest BCUT2D eigenvalue weighted by molar-refractivity contribution is -0.170. The van der Waals surface area contributed by atoms with Crippen molar-refractivity contribution in [2.75, 3.05) is 13.7 Å². The Hall–Kier alpha value is -2.42. The molecule has 0 N–H and O–H groups in total. The summed E-state index contributed by atoms with van der Waals surface area (Å²) in [5.41, 5.74) is 1.04. The van der Waals surface area contributed by atoms with Crippen LogP contribution in [0.3, 0.4) is 0 Å². The third-order valence-corrected chi connectivity index (χ3v) is 5.47. The van der Waals surface area contributed by atoms with Crippen LogP contribution < -0.4 is 4.74 Å². The maximum absolute atomic E-state index is 13.1. The Morgan fingerprint density at radius 3 is 1.90 bits per heavy atom. The first-order chi connectivity index (χ1) is 13.9. The molecule has 8 heteroatoms. The first-order valence-corrected chi connectivity index (χ1v) is 11.0. The van der Waals surface area contributed by atoms with Gasteiger partial charge in [0.15, 0.2) is 0 Å². The van der Waals surface area contributed by atoms with E-state index in [1.165, 1.54) is 12.1 Å². The van der Waals surface area contributed by atoms with Crippen molar-refractivity contribution in [3.05, 3.63) is 48.5 Å². The Balaban J connectivity index is 2.27. The molecule has 7 nitrogen and oxygen atoms in total. The number of benzene rings is 2. The Morgan fingerprint density at radius 1 is 0.967 bits per heavy atom. The van der Waals surface area contributed by atoms with Gasteiger partial charge in [0.05, 0.1) is 18.1 Å². The van der Waals surface area contributed by atoms with Gasteiger partial charge in [-0.2, -0.15) is 0 Å². The lowest BCUT2D eigenvalue weighted by atomic mass is 10.1. The van der Waals surface area contributed by atoms with Gasteiger partial charge in [0.2, 0.25) is 0 Å². The van der Waals surface area contributed by atoms with Crippen LogP contribution in [0.1, 0.15) is 34.6 Å². The Labute approximate surface area is 178 Å². The molecular weight excluding hydrogens is 406 g/mol. The largest absolute Gasteiger partial charge is 0.497 e. The molecule has 0 spiro atoms. The van der Waals surface area contributed by atoms with Gasteiger partial charge in [-0.1, -0.05) is 28.7 Å². The maximum atomic E-state index is 13.1. The standard InChI is InChI=1S/C22H29NO6S/c1-16(2)29-23(15-21(24)28-22(3,4)5)30(25,26)20-13-9-18(10-14-20)17-7-11-19(27-6)12-8-17/h7-14,16H,15H2,1-6H3. The van der Waals surface area contributed by atoms with E-state index in [4.69, 9.17) is 14.3 Å². The van der Waals surface area contributed by atoms with Gasteiger partial charge in [-0.3, -0.25) is 9.63 Å². The third kappa shape index (κ3) is 6.55. The van der Waals surface area contributed by atoms with E-state index in [1.54, 1.807) is 53.9 Å². The van der Waals surface area contributed by atoms with Crippen molar-refractivity contribution in [2.45, 2.75) is 51.2 Å². The molecule has 0 unspecified atom stereocenters. The summed E-state index contributed by atoms with van der Waals surface area (Å²) in [7, 11) is -2.47. The van der Waals surface area contributed by atoms with Gasteiger partial charge in [0, 0.05) is 0 Å². The molecule has 0 saturated heterocycles. The topological polar surface area (TPSA) is 82.1 Å². The Bertz CT molecular complexity index is 945. The Kier molecular flexibility index (Phi) is 7.63. The summed E-state index contributed by atoms with van der Waals surface area (Å²) in [4.78, 5) is 17.6. The zero-order chi connectivity index (χ0) is 22.5. The second-order valence-electron chi connectivity index (χ2n) is 7.96. The summed E-state index contributed by atoms with van der Waals surface area (Å²) in [6.45, 7) is 7.97. The van der Waals surface area contributed by atoms with E-state index in [-0.39, 0.29) is 4.90 Å². The van der Waals surface area contributed by atoms with Crippen LogP contribution in [0.25, 0.3) is 11.1 Å². The Morgan fingerprint density at radius 2 is 1.47 bits per heavy atom. The predicted octanol–water partition coefficient (Wildman–Crippen LogP) is 4.03. The summed E-state index contributed by atoms with van der Waals surface area (Å²) < 4.78 is 37.2. The van der Waals surface area contributed by atoms with Crippen LogP contribution in [-0.4, -0.2) is 44.2 Å². The molecule has 0 heterocycles. The van der Waals surface area contributed by atoms with Gasteiger partial charge >= 0.3 is 5.97 Å². The molecule has 0 aliphatic carbocycles. The fourth-order valence-corrected chi connectivity index (χ4v) is 3.89. The summed E-state index contributed by atoms with van der Waals surface area (Å²) in [5, 5.41) is 0. The van der Waals surface area contributed by atoms with E-state index < -0.39 is 34.2 Å². The number of carbonyl (C=O) groups excluding carboxylic acids is 1. The van der Waals surface area contributed by atoms with Crippen LogP contribution in [0.5, 0.6) is 5.75 Å². The number of methoxy groups -OCH3 is 1. The summed E-state index contributed by atoms with van der Waals surface area (Å²) in [6, 6.07) is 13.8. The van der Waals surface area contributed by atoms with Crippen LogP contribution in [0.2, 0.25) is 0 Å². The molecule has 2 aromatic rings. The highest BCUT2D eigenvalue weighted by Gasteiger charge is 2.31. The normalized spacial score (nSPS) is 12.3. The highest BCUT2D eigenvalue weighted by Crippen LogP contribution is 2.25. The smallest absolute Gasteiger partial charge is 0.324 e. The highest BCUT2D eigenvalue weighted by molar-refractivity contribution is 7.89. The minimum Gasteiger partial charge on any atom is -0.497 e. The average molecular weight is 436 g/mol. The average Bonchev–Trinajstić information content (AvgIpc) is 2.66. The van der Waals surface area contributed by atoms with E-state index in [9.17, 15) is 13.2 Å². The third-order valence-electron chi connectivity index (χ3n) is 3.85. The van der Waals surface area contributed by atoms with Crippen LogP contribution >= 0.6 is 0 Å². The second-order valence-corrected chi connectivity index (χ2v) is 9.79. The minimum absolute atomic E-state index is 0.0176. The molecular formula is C22H29NO6S. The molecule has 0 amide bonds. The van der Waals surface area contributed by atoms with E-state index >= 15 is 0 Å². The van der Waals surface area contributed by atoms with E-state index in [0.29, 0.717) is 4.47 Å². The summed E-state index contributed by atoms with van der Waals surface area (Å²) in [5.74, 6) is 0.0446. The van der Waals surface area contributed by atoms with Gasteiger partial charge in [-0.25, -0.2) is 8.42 Å². The number of carbonyl (C=O) groups is 1. The predicted molar refractivity (Wildman–Crippen MR) is 114 cm³/mol. The quantitative estimate of drug-likeness (QED) is 0.460. The number of ether oxygens (including phenoxy) is 2. The van der Waals surface area contributed by atoms with E-state index in [1.807, 2.05) is 24.3 Å². The van der Waals surface area contributed by atoms with Crippen LogP contribution in [0.4, 0.5) is 0 Å². The second kappa shape index (κ2) is 9.59. The molecule has 2 aromatic carbocycles. The molecule has 0 aliphatic rings. The highest BCUT2D eigenvalue weighted by atomic mass is 32.2. The van der Waals surface area contributed by atoms with Gasteiger partial charge in [0.25, 0.3) is 10.0 Å². The molecule has 0 aliphatic heterocycles. The molecule has 164 valence electrons.